The number of aryl methyl sites for hydroxylation is 2. The molecule has 4 aromatic carbocycles. The van der Waals surface area contributed by atoms with E-state index < -0.39 is 68.6 Å². The van der Waals surface area contributed by atoms with Gasteiger partial charge in [-0.05, 0) is 106 Å². The first-order chi connectivity index (χ1) is 33.6. The van der Waals surface area contributed by atoms with Crippen LogP contribution in [-0.2, 0) is 49.1 Å². The molecule has 7 rings (SSSR count). The van der Waals surface area contributed by atoms with Gasteiger partial charge in [-0.2, -0.15) is 34.8 Å². The second-order valence-corrected chi connectivity index (χ2v) is 19.5. The molecular formula is C50H52F8N6O7S. The Morgan fingerprint density at radius 3 is 1.44 bits per heavy atom. The Kier molecular flexibility index (Phi) is 16.8. The van der Waals surface area contributed by atoms with Gasteiger partial charge in [0.2, 0.25) is 11.8 Å². The van der Waals surface area contributed by atoms with Gasteiger partial charge in [0.15, 0.2) is 0 Å². The van der Waals surface area contributed by atoms with Crippen molar-refractivity contribution in [1.29, 1.82) is 0 Å². The molecule has 0 unspecified atom stereocenters. The Morgan fingerprint density at radius 2 is 1.06 bits per heavy atom. The first-order valence-electron chi connectivity index (χ1n) is 22.5. The molecule has 0 radical (unpaired) electrons. The molecule has 2 N–H and O–H groups in total. The van der Waals surface area contributed by atoms with Gasteiger partial charge in [0.1, 0.15) is 11.6 Å². The fourth-order valence-electron chi connectivity index (χ4n) is 8.25. The van der Waals surface area contributed by atoms with Crippen molar-refractivity contribution in [3.8, 4) is 0 Å². The second kappa shape index (κ2) is 22.1. The second-order valence-electron chi connectivity index (χ2n) is 17.9. The van der Waals surface area contributed by atoms with Crippen LogP contribution in [0, 0.1) is 25.5 Å². The first-order valence-corrected chi connectivity index (χ1v) is 24.3. The summed E-state index contributed by atoms with van der Waals surface area (Å²) in [6.07, 6.45) is -6.27. The summed E-state index contributed by atoms with van der Waals surface area (Å²) < 4.78 is 135. The Labute approximate surface area is 409 Å². The summed E-state index contributed by atoms with van der Waals surface area (Å²) in [5, 5.41) is 7.10. The highest BCUT2D eigenvalue weighted by atomic mass is 32.2. The van der Waals surface area contributed by atoms with E-state index in [2.05, 4.69) is 27.5 Å². The third-order valence-electron chi connectivity index (χ3n) is 12.2. The van der Waals surface area contributed by atoms with Crippen LogP contribution in [0.25, 0.3) is 21.5 Å². The lowest BCUT2D eigenvalue weighted by molar-refractivity contribution is -0.140. The maximum Gasteiger partial charge on any atom is 0.419 e. The van der Waals surface area contributed by atoms with Gasteiger partial charge in [-0.3, -0.25) is 28.3 Å². The van der Waals surface area contributed by atoms with Crippen LogP contribution in [0.3, 0.4) is 0 Å². The minimum Gasteiger partial charge on any atom is -0.325 e. The van der Waals surface area contributed by atoms with E-state index in [1.54, 1.807) is 67.9 Å². The predicted molar refractivity (Wildman–Crippen MR) is 258 cm³/mol. The maximum absolute atomic E-state index is 13.9. The lowest BCUT2D eigenvalue weighted by atomic mass is 10.0. The smallest absolute Gasteiger partial charge is 0.325 e. The number of hydrogen-bond donors (Lipinski definition) is 2. The van der Waals surface area contributed by atoms with E-state index in [0.29, 0.717) is 51.3 Å². The monoisotopic (exact) mass is 1030 g/mol. The summed E-state index contributed by atoms with van der Waals surface area (Å²) in [4.78, 5) is 56.3. The normalized spacial score (nSPS) is 14.7. The SMILES string of the molecule is Cc1ccc2c(=O)n([C@H](C)CN3CCN(C)CC3)ccc2c1NC(=O)Cc1ccc(C(F)(F)F)c(F)c1.Cc1ccc2c(=O)n([C@H](C)COS(C)(=O)=O)ccc2c1NC(=O)Cc1ccc(C(F)(F)F)c(F)c1. The number of halogens is 8. The number of fused-ring (bicyclic) bond motifs is 2. The Bertz CT molecular complexity index is 3240. The molecule has 0 spiro atoms. The van der Waals surface area contributed by atoms with E-state index >= 15 is 0 Å². The molecule has 22 heteroatoms. The predicted octanol–water partition coefficient (Wildman–Crippen LogP) is 8.64. The van der Waals surface area contributed by atoms with Crippen LogP contribution in [0.15, 0.2) is 94.8 Å². The number of hydrogen-bond acceptors (Lipinski definition) is 9. The topological polar surface area (TPSA) is 152 Å². The number of alkyl halides is 6. The highest BCUT2D eigenvalue weighted by molar-refractivity contribution is 7.85. The fraction of sp³-hybridized carbons (Fsp3) is 0.360. The van der Waals surface area contributed by atoms with E-state index in [0.717, 1.165) is 62.7 Å². The Hall–Kier alpha value is -6.49. The number of likely N-dealkylation sites (N-methyl/N-ethyl adjacent to an activating group) is 1. The number of aromatic nitrogens is 2. The summed E-state index contributed by atoms with van der Waals surface area (Å²) in [5.41, 5.74) is -1.12. The average Bonchev–Trinajstić information content (AvgIpc) is 3.27. The standard InChI is InChI=1S/C27H30F4N4O2.C23H22F4N2O5S/c1-17-4-6-21-20(8-9-35(26(21)37)18(2)16-34-12-10-33(3)11-13-34)25(17)32-24(36)15-19-5-7-22(23(28)14-19)27(29,30)31;1-13-4-6-17-16(8-9-29(22(17)31)14(2)12-34-35(3,32)33)21(13)28-20(30)11-15-5-7-18(19(24)10-15)23(25,26)27/h4-9,14,18H,10-13,15-16H2,1-3H3,(H,32,36);4-10,14H,11-12H2,1-3H3,(H,28,30)/t18-;14-/m11/s1. The molecule has 386 valence electrons. The number of amides is 2. The summed E-state index contributed by atoms with van der Waals surface area (Å²) in [5.74, 6) is -4.04. The first kappa shape index (κ1) is 54.8. The van der Waals surface area contributed by atoms with Crippen molar-refractivity contribution in [3.05, 3.63) is 151 Å². The number of nitrogens with zero attached hydrogens (tertiary/aromatic N) is 4. The number of carbonyl (C=O) groups excluding carboxylic acids is 2. The van der Waals surface area contributed by atoms with Gasteiger partial charge in [0, 0.05) is 72.7 Å². The minimum atomic E-state index is -4.84. The molecule has 1 aliphatic rings. The zero-order valence-electron chi connectivity index (χ0n) is 40.0. The molecule has 72 heavy (non-hydrogen) atoms. The van der Waals surface area contributed by atoms with E-state index in [1.165, 1.54) is 10.8 Å². The summed E-state index contributed by atoms with van der Waals surface area (Å²) in [6, 6.07) is 14.1. The summed E-state index contributed by atoms with van der Waals surface area (Å²) >= 11 is 0. The number of pyridine rings is 2. The molecule has 0 saturated carbocycles. The van der Waals surface area contributed by atoms with Crippen LogP contribution in [-0.4, -0.2) is 91.8 Å². The van der Waals surface area contributed by atoms with Crippen molar-refractivity contribution in [2.75, 3.05) is 63.3 Å². The van der Waals surface area contributed by atoms with Gasteiger partial charge in [0.25, 0.3) is 21.2 Å². The number of rotatable bonds is 13. The van der Waals surface area contributed by atoms with Crippen molar-refractivity contribution >= 4 is 54.9 Å². The number of nitrogens with one attached hydrogen (secondary N) is 2. The minimum absolute atomic E-state index is 0.0470. The lowest BCUT2D eigenvalue weighted by Crippen LogP contribution is -2.46. The zero-order valence-corrected chi connectivity index (χ0v) is 40.8. The quantitative estimate of drug-likeness (QED) is 0.0856. The van der Waals surface area contributed by atoms with E-state index in [9.17, 15) is 62.7 Å². The van der Waals surface area contributed by atoms with Gasteiger partial charge in [-0.25, -0.2) is 8.78 Å². The molecule has 6 aromatic rings. The van der Waals surface area contributed by atoms with Crippen LogP contribution in [0.5, 0.6) is 0 Å². The molecule has 2 aromatic heterocycles. The highest BCUT2D eigenvalue weighted by Gasteiger charge is 2.35. The summed E-state index contributed by atoms with van der Waals surface area (Å²) in [6.45, 7) is 11.5. The number of carbonyl (C=O) groups is 2. The van der Waals surface area contributed by atoms with E-state index in [4.69, 9.17) is 4.18 Å². The molecule has 1 saturated heterocycles. The van der Waals surface area contributed by atoms with Crippen LogP contribution in [0.1, 0.15) is 59.3 Å². The maximum atomic E-state index is 13.9. The molecule has 0 aliphatic carbocycles. The van der Waals surface area contributed by atoms with Crippen LogP contribution in [0.4, 0.5) is 46.5 Å². The third kappa shape index (κ3) is 13.5. The van der Waals surface area contributed by atoms with Gasteiger partial charge in [0.05, 0.1) is 54.2 Å². The molecule has 2 amide bonds. The molecule has 1 fully saturated rings. The average molecular weight is 1030 g/mol. The molecule has 1 aliphatic heterocycles. The van der Waals surface area contributed by atoms with Gasteiger partial charge < -0.3 is 24.7 Å². The lowest BCUT2D eigenvalue weighted by Gasteiger charge is -2.34. The van der Waals surface area contributed by atoms with Gasteiger partial charge in [-0.1, -0.05) is 24.3 Å². The summed E-state index contributed by atoms with van der Waals surface area (Å²) in [7, 11) is -1.60. The van der Waals surface area contributed by atoms with Crippen molar-refractivity contribution in [1.82, 2.24) is 18.9 Å². The van der Waals surface area contributed by atoms with Crippen molar-refractivity contribution < 1.29 is 57.3 Å². The molecule has 2 atom stereocenters. The third-order valence-corrected chi connectivity index (χ3v) is 12.7. The van der Waals surface area contributed by atoms with E-state index in [-0.39, 0.29) is 47.6 Å². The van der Waals surface area contributed by atoms with Crippen LogP contribution >= 0.6 is 0 Å². The van der Waals surface area contributed by atoms with Crippen molar-refractivity contribution in [2.45, 2.75) is 65.0 Å². The highest BCUT2D eigenvalue weighted by Crippen LogP contribution is 2.34. The molecule has 3 heterocycles. The van der Waals surface area contributed by atoms with Crippen LogP contribution < -0.4 is 21.8 Å². The Balaban J connectivity index is 0.000000236. The number of benzene rings is 4. The number of piperazine rings is 1. The molecule has 13 nitrogen and oxygen atoms in total. The zero-order chi connectivity index (χ0) is 53.0. The largest absolute Gasteiger partial charge is 0.419 e. The van der Waals surface area contributed by atoms with Crippen LogP contribution in [0.2, 0.25) is 0 Å². The number of anilines is 2. The van der Waals surface area contributed by atoms with Crippen molar-refractivity contribution in [3.63, 3.8) is 0 Å². The van der Waals surface area contributed by atoms with Crippen molar-refractivity contribution in [2.24, 2.45) is 0 Å². The Morgan fingerprint density at radius 1 is 0.639 bits per heavy atom. The van der Waals surface area contributed by atoms with Gasteiger partial charge >= 0.3 is 12.4 Å². The molecule has 0 bridgehead atoms. The van der Waals surface area contributed by atoms with Gasteiger partial charge in [-0.15, -0.1) is 0 Å². The fourth-order valence-corrected chi connectivity index (χ4v) is 8.70. The van der Waals surface area contributed by atoms with E-state index in [1.807, 2.05) is 6.92 Å². The molecular weight excluding hydrogens is 981 g/mol.